The molecule has 29 heavy (non-hydrogen) atoms. The van der Waals surface area contributed by atoms with Crippen LogP contribution in [0.3, 0.4) is 0 Å². The van der Waals surface area contributed by atoms with Crippen LogP contribution in [0, 0.1) is 0 Å². The van der Waals surface area contributed by atoms with Gasteiger partial charge in [0.1, 0.15) is 0 Å². The molecular formula is C21H20ClN3O3S. The van der Waals surface area contributed by atoms with E-state index in [1.807, 2.05) is 36.6 Å². The van der Waals surface area contributed by atoms with E-state index in [-0.39, 0.29) is 18.1 Å². The standard InChI is InChI=1S/C21H20ClN3O3S/c1-3-28-20(27)17-18(23-19(26)15-11-7-8-12-16(15)22)24-21(29-2)25(17)13-14-9-5-4-6-10-14/h4-12H,3,13H2,1-2H3,(H,23,26). The molecule has 0 aliphatic heterocycles. The Hall–Kier alpha value is -2.77. The second-order valence-electron chi connectivity index (χ2n) is 6.02. The summed E-state index contributed by atoms with van der Waals surface area (Å²) < 4.78 is 6.98. The number of hydrogen-bond donors (Lipinski definition) is 1. The highest BCUT2D eigenvalue weighted by atomic mass is 35.5. The van der Waals surface area contributed by atoms with Crippen molar-refractivity contribution in [3.8, 4) is 0 Å². The van der Waals surface area contributed by atoms with E-state index in [0.717, 1.165) is 5.56 Å². The molecule has 2 aromatic carbocycles. The van der Waals surface area contributed by atoms with Gasteiger partial charge < -0.3 is 14.6 Å². The largest absolute Gasteiger partial charge is 0.461 e. The maximum absolute atomic E-state index is 12.7. The van der Waals surface area contributed by atoms with Crippen LogP contribution in [0.15, 0.2) is 59.8 Å². The Morgan fingerprint density at radius 1 is 1.14 bits per heavy atom. The van der Waals surface area contributed by atoms with Crippen molar-refractivity contribution in [3.05, 3.63) is 76.4 Å². The van der Waals surface area contributed by atoms with Gasteiger partial charge in [0.2, 0.25) is 0 Å². The monoisotopic (exact) mass is 429 g/mol. The third kappa shape index (κ3) is 4.81. The number of nitrogens with one attached hydrogen (secondary N) is 1. The van der Waals surface area contributed by atoms with Crippen molar-refractivity contribution in [1.82, 2.24) is 9.55 Å². The molecule has 0 saturated heterocycles. The van der Waals surface area contributed by atoms with Crippen LogP contribution in [0.4, 0.5) is 5.82 Å². The van der Waals surface area contributed by atoms with Crippen LogP contribution in [0.1, 0.15) is 33.3 Å². The molecule has 1 N–H and O–H groups in total. The fourth-order valence-corrected chi connectivity index (χ4v) is 3.59. The van der Waals surface area contributed by atoms with Crippen LogP contribution in [0.2, 0.25) is 5.02 Å². The van der Waals surface area contributed by atoms with Crippen molar-refractivity contribution in [1.29, 1.82) is 0 Å². The third-order valence-corrected chi connectivity index (χ3v) is 5.12. The molecule has 0 radical (unpaired) electrons. The van der Waals surface area contributed by atoms with E-state index in [2.05, 4.69) is 10.3 Å². The predicted octanol–water partition coefficient (Wildman–Crippen LogP) is 4.74. The number of carbonyl (C=O) groups is 2. The molecule has 0 fully saturated rings. The minimum atomic E-state index is -0.550. The first-order valence-corrected chi connectivity index (χ1v) is 10.6. The average Bonchev–Trinajstić information content (AvgIpc) is 3.06. The number of thioether (sulfide) groups is 1. The summed E-state index contributed by atoms with van der Waals surface area (Å²) in [4.78, 5) is 29.9. The summed E-state index contributed by atoms with van der Waals surface area (Å²) in [6.07, 6.45) is 1.86. The molecule has 3 aromatic rings. The number of imidazole rings is 1. The fourth-order valence-electron chi connectivity index (χ4n) is 2.81. The van der Waals surface area contributed by atoms with Gasteiger partial charge in [-0.1, -0.05) is 65.8 Å². The predicted molar refractivity (Wildman–Crippen MR) is 115 cm³/mol. The zero-order valence-corrected chi connectivity index (χ0v) is 17.6. The molecule has 1 amide bonds. The smallest absolute Gasteiger partial charge is 0.358 e. The first-order chi connectivity index (χ1) is 14.0. The van der Waals surface area contributed by atoms with Crippen LogP contribution >= 0.6 is 23.4 Å². The Kier molecular flexibility index (Phi) is 6.95. The zero-order valence-electron chi connectivity index (χ0n) is 16.0. The van der Waals surface area contributed by atoms with Gasteiger partial charge in [-0.2, -0.15) is 0 Å². The Morgan fingerprint density at radius 3 is 2.48 bits per heavy atom. The van der Waals surface area contributed by atoms with Gasteiger partial charge >= 0.3 is 5.97 Å². The van der Waals surface area contributed by atoms with Gasteiger partial charge in [0, 0.05) is 0 Å². The maximum atomic E-state index is 12.7. The van der Waals surface area contributed by atoms with Gasteiger partial charge in [0.05, 0.1) is 23.7 Å². The summed E-state index contributed by atoms with van der Waals surface area (Å²) in [6, 6.07) is 16.4. The molecule has 3 rings (SSSR count). The average molecular weight is 430 g/mol. The number of halogens is 1. The van der Waals surface area contributed by atoms with E-state index in [1.165, 1.54) is 11.8 Å². The SMILES string of the molecule is CCOC(=O)c1c(NC(=O)c2ccccc2Cl)nc(SC)n1Cc1ccccc1. The second kappa shape index (κ2) is 9.62. The van der Waals surface area contributed by atoms with Gasteiger partial charge in [-0.3, -0.25) is 4.79 Å². The molecule has 1 heterocycles. The van der Waals surface area contributed by atoms with Crippen molar-refractivity contribution in [2.75, 3.05) is 18.2 Å². The van der Waals surface area contributed by atoms with Crippen LogP contribution in [-0.2, 0) is 11.3 Å². The zero-order chi connectivity index (χ0) is 20.8. The fraction of sp³-hybridized carbons (Fsp3) is 0.190. The summed E-state index contributed by atoms with van der Waals surface area (Å²) >= 11 is 7.50. The van der Waals surface area contributed by atoms with Crippen molar-refractivity contribution < 1.29 is 14.3 Å². The van der Waals surface area contributed by atoms with Crippen molar-refractivity contribution in [2.24, 2.45) is 0 Å². The molecular weight excluding hydrogens is 410 g/mol. The number of anilines is 1. The molecule has 0 saturated carbocycles. The van der Waals surface area contributed by atoms with E-state index in [4.69, 9.17) is 16.3 Å². The Labute approximate surface area is 178 Å². The van der Waals surface area contributed by atoms with Crippen molar-refractivity contribution in [2.45, 2.75) is 18.6 Å². The first kappa shape index (κ1) is 21.0. The maximum Gasteiger partial charge on any atom is 0.358 e. The minimum absolute atomic E-state index is 0.147. The molecule has 0 bridgehead atoms. The quantitative estimate of drug-likeness (QED) is 0.434. The van der Waals surface area contributed by atoms with Crippen LogP contribution < -0.4 is 5.32 Å². The topological polar surface area (TPSA) is 73.2 Å². The lowest BCUT2D eigenvalue weighted by Gasteiger charge is -2.11. The number of hydrogen-bond acceptors (Lipinski definition) is 5. The minimum Gasteiger partial charge on any atom is -0.461 e. The Balaban J connectivity index is 2.02. The molecule has 0 atom stereocenters. The number of nitrogens with zero attached hydrogens (tertiary/aromatic N) is 2. The van der Waals surface area contributed by atoms with Gasteiger partial charge in [-0.15, -0.1) is 0 Å². The highest BCUT2D eigenvalue weighted by molar-refractivity contribution is 7.98. The summed E-state index contributed by atoms with van der Waals surface area (Å²) in [5.41, 5.74) is 1.49. The number of esters is 1. The molecule has 0 unspecified atom stereocenters. The summed E-state index contributed by atoms with van der Waals surface area (Å²) in [7, 11) is 0. The van der Waals surface area contributed by atoms with Crippen molar-refractivity contribution in [3.63, 3.8) is 0 Å². The van der Waals surface area contributed by atoms with Crippen molar-refractivity contribution >= 4 is 41.1 Å². The highest BCUT2D eigenvalue weighted by Crippen LogP contribution is 2.27. The number of rotatable bonds is 7. The summed E-state index contributed by atoms with van der Waals surface area (Å²) in [6.45, 7) is 2.36. The lowest BCUT2D eigenvalue weighted by Crippen LogP contribution is -2.19. The van der Waals surface area contributed by atoms with Gasteiger partial charge in [0.25, 0.3) is 5.91 Å². The van der Waals surface area contributed by atoms with Crippen LogP contribution in [0.5, 0.6) is 0 Å². The Morgan fingerprint density at radius 2 is 1.83 bits per heavy atom. The normalized spacial score (nSPS) is 10.6. The molecule has 0 spiro atoms. The molecule has 0 aliphatic rings. The molecule has 1 aromatic heterocycles. The van der Waals surface area contributed by atoms with E-state index < -0.39 is 11.9 Å². The highest BCUT2D eigenvalue weighted by Gasteiger charge is 2.26. The van der Waals surface area contributed by atoms with Gasteiger partial charge in [-0.05, 0) is 30.9 Å². The third-order valence-electron chi connectivity index (χ3n) is 4.12. The van der Waals surface area contributed by atoms with E-state index >= 15 is 0 Å². The molecule has 0 aliphatic carbocycles. The summed E-state index contributed by atoms with van der Waals surface area (Å²) in [5, 5.41) is 3.62. The van der Waals surface area contributed by atoms with E-state index in [9.17, 15) is 9.59 Å². The number of ether oxygens (including phenoxy) is 1. The summed E-state index contributed by atoms with van der Waals surface area (Å²) in [5.74, 6) is -0.850. The van der Waals surface area contributed by atoms with Gasteiger partial charge in [-0.25, -0.2) is 9.78 Å². The first-order valence-electron chi connectivity index (χ1n) is 8.96. The van der Waals surface area contributed by atoms with E-state index in [1.54, 1.807) is 35.8 Å². The molecule has 8 heteroatoms. The van der Waals surface area contributed by atoms with Gasteiger partial charge in [0.15, 0.2) is 16.7 Å². The lowest BCUT2D eigenvalue weighted by molar-refractivity contribution is 0.0514. The number of aromatic nitrogens is 2. The molecule has 150 valence electrons. The van der Waals surface area contributed by atoms with E-state index in [0.29, 0.717) is 22.3 Å². The number of amides is 1. The number of benzene rings is 2. The van der Waals surface area contributed by atoms with Crippen LogP contribution in [0.25, 0.3) is 0 Å². The Bertz CT molecular complexity index is 1020. The second-order valence-corrected chi connectivity index (χ2v) is 7.20. The number of carbonyl (C=O) groups excluding carboxylic acids is 2. The molecule has 6 nitrogen and oxygen atoms in total. The lowest BCUT2D eigenvalue weighted by atomic mass is 10.2. The van der Waals surface area contributed by atoms with Crippen LogP contribution in [-0.4, -0.2) is 34.3 Å².